The fraction of sp³-hybridized carbons (Fsp3) is 0.250. The van der Waals surface area contributed by atoms with E-state index in [0.29, 0.717) is 12.8 Å². The highest BCUT2D eigenvalue weighted by Crippen LogP contribution is 2.11. The van der Waals surface area contributed by atoms with Crippen molar-refractivity contribution in [3.8, 4) is 0 Å². The Bertz CT molecular complexity index is 372. The third kappa shape index (κ3) is 3.46. The second-order valence-corrected chi connectivity index (χ2v) is 3.31. The van der Waals surface area contributed by atoms with E-state index in [2.05, 4.69) is 6.58 Å². The molecular weight excluding hydrogens is 192 g/mol. The van der Waals surface area contributed by atoms with Crippen LogP contribution in [0.15, 0.2) is 36.5 Å². The van der Waals surface area contributed by atoms with Gasteiger partial charge in [-0.3, -0.25) is 14.4 Å². The lowest BCUT2D eigenvalue weighted by Crippen LogP contribution is -2.11. The van der Waals surface area contributed by atoms with Crippen LogP contribution in [-0.2, 0) is 14.4 Å². The van der Waals surface area contributed by atoms with Gasteiger partial charge in [0.1, 0.15) is 5.78 Å². The molecule has 78 valence electrons. The van der Waals surface area contributed by atoms with Crippen molar-refractivity contribution < 1.29 is 14.4 Å². The molecule has 1 aliphatic rings. The summed E-state index contributed by atoms with van der Waals surface area (Å²) in [6.45, 7) is 3.51. The lowest BCUT2D eigenvalue weighted by atomic mass is 9.97. The molecule has 0 aliphatic heterocycles. The van der Waals surface area contributed by atoms with Gasteiger partial charge in [0, 0.05) is 18.4 Å². The summed E-state index contributed by atoms with van der Waals surface area (Å²) in [4.78, 5) is 33.6. The van der Waals surface area contributed by atoms with E-state index in [1.807, 2.05) is 0 Å². The van der Waals surface area contributed by atoms with E-state index in [0.717, 1.165) is 0 Å². The van der Waals surface area contributed by atoms with Crippen molar-refractivity contribution in [1.82, 2.24) is 0 Å². The SMILES string of the molecule is C=CCCC(=O)CC1=CC(=O)C=CC1=O. The van der Waals surface area contributed by atoms with E-state index in [9.17, 15) is 14.4 Å². The van der Waals surface area contributed by atoms with Crippen LogP contribution >= 0.6 is 0 Å². The summed E-state index contributed by atoms with van der Waals surface area (Å²) in [5, 5.41) is 0. The van der Waals surface area contributed by atoms with Crippen molar-refractivity contribution in [3.05, 3.63) is 36.5 Å². The Balaban J connectivity index is 2.57. The highest BCUT2D eigenvalue weighted by molar-refractivity contribution is 6.18. The molecule has 1 rings (SSSR count). The fourth-order valence-electron chi connectivity index (χ4n) is 1.26. The molecule has 1 aliphatic carbocycles. The van der Waals surface area contributed by atoms with E-state index >= 15 is 0 Å². The summed E-state index contributed by atoms with van der Waals surface area (Å²) in [7, 11) is 0. The molecule has 0 radical (unpaired) electrons. The minimum Gasteiger partial charge on any atom is -0.299 e. The quantitative estimate of drug-likeness (QED) is 0.504. The largest absolute Gasteiger partial charge is 0.299 e. The number of allylic oxidation sites excluding steroid dienone is 5. The second kappa shape index (κ2) is 5.20. The van der Waals surface area contributed by atoms with Crippen LogP contribution in [0.5, 0.6) is 0 Å². The molecule has 0 spiro atoms. The number of hydrogen-bond donors (Lipinski definition) is 0. The standard InChI is InChI=1S/C12H12O3/c1-2-3-4-10(13)7-9-8-11(14)5-6-12(9)15/h2,5-6,8H,1,3-4,7H2. The lowest BCUT2D eigenvalue weighted by Gasteiger charge is -2.05. The third-order valence-corrected chi connectivity index (χ3v) is 2.05. The van der Waals surface area contributed by atoms with Crippen molar-refractivity contribution in [1.29, 1.82) is 0 Å². The molecule has 0 fully saturated rings. The first-order valence-electron chi connectivity index (χ1n) is 4.73. The molecule has 0 atom stereocenters. The molecule has 0 amide bonds. The van der Waals surface area contributed by atoms with Gasteiger partial charge < -0.3 is 0 Å². The van der Waals surface area contributed by atoms with Crippen molar-refractivity contribution in [2.45, 2.75) is 19.3 Å². The molecule has 3 heteroatoms. The molecule has 3 nitrogen and oxygen atoms in total. The van der Waals surface area contributed by atoms with E-state index in [1.165, 1.54) is 18.2 Å². The molecule has 0 saturated carbocycles. The molecule has 0 heterocycles. The third-order valence-electron chi connectivity index (χ3n) is 2.05. The summed E-state index contributed by atoms with van der Waals surface area (Å²) < 4.78 is 0. The predicted molar refractivity (Wildman–Crippen MR) is 56.3 cm³/mol. The number of ketones is 3. The summed E-state index contributed by atoms with van der Waals surface area (Å²) in [5.41, 5.74) is 0.288. The number of Topliss-reactive ketones (excluding diaryl/α,β-unsaturated/α-hetero) is 1. The van der Waals surface area contributed by atoms with Crippen LogP contribution in [0.1, 0.15) is 19.3 Å². The van der Waals surface area contributed by atoms with Crippen LogP contribution in [0, 0.1) is 0 Å². The van der Waals surface area contributed by atoms with Gasteiger partial charge in [-0.1, -0.05) is 6.08 Å². The zero-order valence-corrected chi connectivity index (χ0v) is 8.36. The predicted octanol–water partition coefficient (Wildman–Crippen LogP) is 1.55. The molecule has 0 aromatic heterocycles. The van der Waals surface area contributed by atoms with Gasteiger partial charge in [-0.05, 0) is 24.6 Å². The highest BCUT2D eigenvalue weighted by atomic mass is 16.1. The zero-order valence-electron chi connectivity index (χ0n) is 8.36. The molecule has 0 aromatic rings. The summed E-state index contributed by atoms with van der Waals surface area (Å²) in [5.74, 6) is -0.528. The number of carbonyl (C=O) groups is 3. The Labute approximate surface area is 88.2 Å². The summed E-state index contributed by atoms with van der Waals surface area (Å²) in [6, 6.07) is 0. The molecule has 0 aromatic carbocycles. The Hall–Kier alpha value is -1.77. The zero-order chi connectivity index (χ0) is 11.3. The molecule has 0 saturated heterocycles. The normalized spacial score (nSPS) is 15.1. The Morgan fingerprint density at radius 3 is 2.73 bits per heavy atom. The number of carbonyl (C=O) groups excluding carboxylic acids is 3. The first-order valence-corrected chi connectivity index (χ1v) is 4.73. The number of rotatable bonds is 5. The highest BCUT2D eigenvalue weighted by Gasteiger charge is 2.15. The van der Waals surface area contributed by atoms with Gasteiger partial charge in [0.2, 0.25) is 0 Å². The van der Waals surface area contributed by atoms with E-state index < -0.39 is 0 Å². The van der Waals surface area contributed by atoms with Crippen molar-refractivity contribution in [2.24, 2.45) is 0 Å². The fourth-order valence-corrected chi connectivity index (χ4v) is 1.26. The van der Waals surface area contributed by atoms with Gasteiger partial charge >= 0.3 is 0 Å². The Kier molecular flexibility index (Phi) is 3.92. The van der Waals surface area contributed by atoms with Crippen molar-refractivity contribution in [2.75, 3.05) is 0 Å². The molecular formula is C12H12O3. The number of hydrogen-bond acceptors (Lipinski definition) is 3. The van der Waals surface area contributed by atoms with Crippen LogP contribution < -0.4 is 0 Å². The first-order chi connectivity index (χ1) is 7.13. The molecule has 0 N–H and O–H groups in total. The van der Waals surface area contributed by atoms with E-state index in [4.69, 9.17) is 0 Å². The smallest absolute Gasteiger partial charge is 0.182 e. The molecule has 15 heavy (non-hydrogen) atoms. The maximum Gasteiger partial charge on any atom is 0.182 e. The monoisotopic (exact) mass is 204 g/mol. The van der Waals surface area contributed by atoms with Gasteiger partial charge in [0.15, 0.2) is 11.6 Å². The average molecular weight is 204 g/mol. The van der Waals surface area contributed by atoms with Gasteiger partial charge in [-0.15, -0.1) is 6.58 Å². The van der Waals surface area contributed by atoms with Crippen molar-refractivity contribution in [3.63, 3.8) is 0 Å². The maximum atomic E-state index is 11.3. The minimum absolute atomic E-state index is 0.0439. The summed E-state index contributed by atoms with van der Waals surface area (Å²) in [6.07, 6.45) is 6.31. The Morgan fingerprint density at radius 1 is 1.33 bits per heavy atom. The summed E-state index contributed by atoms with van der Waals surface area (Å²) >= 11 is 0. The molecule has 0 unspecified atom stereocenters. The van der Waals surface area contributed by atoms with E-state index in [-0.39, 0.29) is 29.3 Å². The maximum absolute atomic E-state index is 11.3. The first kappa shape index (κ1) is 11.3. The second-order valence-electron chi connectivity index (χ2n) is 3.31. The topological polar surface area (TPSA) is 51.2 Å². The van der Waals surface area contributed by atoms with Crippen molar-refractivity contribution >= 4 is 17.3 Å². The van der Waals surface area contributed by atoms with Gasteiger partial charge in [0.25, 0.3) is 0 Å². The van der Waals surface area contributed by atoms with Gasteiger partial charge in [-0.25, -0.2) is 0 Å². The van der Waals surface area contributed by atoms with Gasteiger partial charge in [-0.2, -0.15) is 0 Å². The van der Waals surface area contributed by atoms with Crippen LogP contribution in [0.3, 0.4) is 0 Å². The van der Waals surface area contributed by atoms with E-state index in [1.54, 1.807) is 6.08 Å². The Morgan fingerprint density at radius 2 is 2.07 bits per heavy atom. The molecule has 0 bridgehead atoms. The van der Waals surface area contributed by atoms with Crippen LogP contribution in [0.2, 0.25) is 0 Å². The van der Waals surface area contributed by atoms with Gasteiger partial charge in [0.05, 0.1) is 0 Å². The average Bonchev–Trinajstić information content (AvgIpc) is 2.20. The lowest BCUT2D eigenvalue weighted by molar-refractivity contribution is -0.120. The van der Waals surface area contributed by atoms with Crippen LogP contribution in [0.4, 0.5) is 0 Å². The minimum atomic E-state index is -0.249. The van der Waals surface area contributed by atoms with Crippen LogP contribution in [0.25, 0.3) is 0 Å². The van der Waals surface area contributed by atoms with Crippen LogP contribution in [-0.4, -0.2) is 17.3 Å².